The number of nitrogens with two attached hydrogens (primary N) is 1. The second-order valence-corrected chi connectivity index (χ2v) is 3.36. The standard InChI is InChI=1S/C12H11NO2/c1-8-2-7-11(15-8)12(14)9-3-5-10(13)6-4-9/h2-7H,13H2,1H3. The maximum atomic E-state index is 11.8. The van der Waals surface area contributed by atoms with Gasteiger partial charge in [0.15, 0.2) is 5.76 Å². The first-order valence-electron chi connectivity index (χ1n) is 4.63. The molecule has 0 fully saturated rings. The number of hydrogen-bond acceptors (Lipinski definition) is 3. The first-order valence-corrected chi connectivity index (χ1v) is 4.63. The third kappa shape index (κ3) is 1.91. The summed E-state index contributed by atoms with van der Waals surface area (Å²) in [5.74, 6) is 0.967. The van der Waals surface area contributed by atoms with Gasteiger partial charge in [0.05, 0.1) is 0 Å². The fraction of sp³-hybridized carbons (Fsp3) is 0.0833. The fourth-order valence-electron chi connectivity index (χ4n) is 1.33. The Kier molecular flexibility index (Phi) is 2.29. The average Bonchev–Trinajstić information content (AvgIpc) is 2.65. The third-order valence-electron chi connectivity index (χ3n) is 2.14. The Morgan fingerprint density at radius 3 is 2.33 bits per heavy atom. The molecule has 1 aromatic carbocycles. The minimum atomic E-state index is -0.122. The molecular weight excluding hydrogens is 190 g/mol. The number of carbonyl (C=O) groups excluding carboxylic acids is 1. The molecule has 0 atom stereocenters. The van der Waals surface area contributed by atoms with Crippen LogP contribution < -0.4 is 5.73 Å². The van der Waals surface area contributed by atoms with Crippen molar-refractivity contribution in [2.45, 2.75) is 6.92 Å². The van der Waals surface area contributed by atoms with Gasteiger partial charge in [0.25, 0.3) is 0 Å². The lowest BCUT2D eigenvalue weighted by Crippen LogP contribution is -1.99. The molecular formula is C12H11NO2. The number of ketones is 1. The molecule has 0 saturated heterocycles. The zero-order chi connectivity index (χ0) is 10.8. The van der Waals surface area contributed by atoms with Gasteiger partial charge in [-0.25, -0.2) is 0 Å². The number of aryl methyl sites for hydroxylation is 1. The van der Waals surface area contributed by atoms with Gasteiger partial charge in [-0.05, 0) is 43.3 Å². The van der Waals surface area contributed by atoms with Crippen LogP contribution >= 0.6 is 0 Å². The molecule has 0 unspecified atom stereocenters. The van der Waals surface area contributed by atoms with E-state index < -0.39 is 0 Å². The second-order valence-electron chi connectivity index (χ2n) is 3.36. The summed E-state index contributed by atoms with van der Waals surface area (Å²) >= 11 is 0. The summed E-state index contributed by atoms with van der Waals surface area (Å²) in [6.45, 7) is 1.81. The Balaban J connectivity index is 2.32. The summed E-state index contributed by atoms with van der Waals surface area (Å²) in [6, 6.07) is 10.2. The highest BCUT2D eigenvalue weighted by Gasteiger charge is 2.11. The lowest BCUT2D eigenvalue weighted by molar-refractivity contribution is 0.101. The Hall–Kier alpha value is -2.03. The Labute approximate surface area is 87.5 Å². The van der Waals surface area contributed by atoms with Gasteiger partial charge in [-0.1, -0.05) is 0 Å². The number of rotatable bonds is 2. The Morgan fingerprint density at radius 1 is 1.13 bits per heavy atom. The van der Waals surface area contributed by atoms with Gasteiger partial charge in [-0.15, -0.1) is 0 Å². The number of anilines is 1. The SMILES string of the molecule is Cc1ccc(C(=O)c2ccc(N)cc2)o1. The highest BCUT2D eigenvalue weighted by Crippen LogP contribution is 2.14. The van der Waals surface area contributed by atoms with E-state index in [-0.39, 0.29) is 5.78 Å². The van der Waals surface area contributed by atoms with Crippen LogP contribution in [-0.4, -0.2) is 5.78 Å². The number of hydrogen-bond donors (Lipinski definition) is 1. The van der Waals surface area contributed by atoms with E-state index >= 15 is 0 Å². The molecule has 0 aliphatic heterocycles. The Bertz CT molecular complexity index is 483. The number of carbonyl (C=O) groups is 1. The smallest absolute Gasteiger partial charge is 0.228 e. The van der Waals surface area contributed by atoms with Crippen LogP contribution in [0.25, 0.3) is 0 Å². The molecule has 0 spiro atoms. The van der Waals surface area contributed by atoms with Crippen molar-refractivity contribution in [2.75, 3.05) is 5.73 Å². The van der Waals surface area contributed by atoms with Gasteiger partial charge in [-0.2, -0.15) is 0 Å². The van der Waals surface area contributed by atoms with E-state index in [2.05, 4.69) is 0 Å². The van der Waals surface area contributed by atoms with Crippen LogP contribution in [0.1, 0.15) is 21.9 Å². The first kappa shape index (κ1) is 9.52. The van der Waals surface area contributed by atoms with E-state index in [1.165, 1.54) is 0 Å². The van der Waals surface area contributed by atoms with Crippen LogP contribution in [0, 0.1) is 6.92 Å². The van der Waals surface area contributed by atoms with Crippen LogP contribution in [0.4, 0.5) is 5.69 Å². The van der Waals surface area contributed by atoms with Crippen LogP contribution in [0.2, 0.25) is 0 Å². The summed E-state index contributed by atoms with van der Waals surface area (Å²) in [5, 5.41) is 0. The molecule has 0 saturated carbocycles. The highest BCUT2D eigenvalue weighted by atomic mass is 16.3. The average molecular weight is 201 g/mol. The molecule has 2 rings (SSSR count). The van der Waals surface area contributed by atoms with Gasteiger partial charge >= 0.3 is 0 Å². The first-order chi connectivity index (χ1) is 7.16. The molecule has 3 heteroatoms. The van der Waals surface area contributed by atoms with Crippen molar-refractivity contribution in [1.82, 2.24) is 0 Å². The van der Waals surface area contributed by atoms with E-state index in [9.17, 15) is 4.79 Å². The minimum absolute atomic E-state index is 0.122. The largest absolute Gasteiger partial charge is 0.458 e. The van der Waals surface area contributed by atoms with Gasteiger partial charge < -0.3 is 10.2 Å². The molecule has 1 aromatic heterocycles. The molecule has 0 bridgehead atoms. The lowest BCUT2D eigenvalue weighted by Gasteiger charge is -1.98. The lowest BCUT2D eigenvalue weighted by atomic mass is 10.1. The third-order valence-corrected chi connectivity index (χ3v) is 2.14. The number of nitrogen functional groups attached to an aromatic ring is 1. The van der Waals surface area contributed by atoms with Gasteiger partial charge in [0.2, 0.25) is 5.78 Å². The maximum absolute atomic E-state index is 11.8. The predicted molar refractivity (Wildman–Crippen MR) is 57.7 cm³/mol. The van der Waals surface area contributed by atoms with Crippen LogP contribution in [0.3, 0.4) is 0 Å². The molecule has 76 valence electrons. The van der Waals surface area contributed by atoms with E-state index in [1.807, 2.05) is 0 Å². The van der Waals surface area contributed by atoms with E-state index in [0.29, 0.717) is 17.0 Å². The van der Waals surface area contributed by atoms with Crippen molar-refractivity contribution >= 4 is 11.5 Å². The van der Waals surface area contributed by atoms with Gasteiger partial charge in [0.1, 0.15) is 5.76 Å². The van der Waals surface area contributed by atoms with Crippen molar-refractivity contribution < 1.29 is 9.21 Å². The summed E-state index contributed by atoms with van der Waals surface area (Å²) in [6.07, 6.45) is 0. The fourth-order valence-corrected chi connectivity index (χ4v) is 1.33. The monoisotopic (exact) mass is 201 g/mol. The van der Waals surface area contributed by atoms with Crippen LogP contribution in [0.5, 0.6) is 0 Å². The molecule has 0 aliphatic rings. The van der Waals surface area contributed by atoms with Crippen LogP contribution in [-0.2, 0) is 0 Å². The highest BCUT2D eigenvalue weighted by molar-refractivity contribution is 6.07. The summed E-state index contributed by atoms with van der Waals surface area (Å²) in [5.41, 5.74) is 6.76. The van der Waals surface area contributed by atoms with E-state index in [0.717, 1.165) is 5.76 Å². The van der Waals surface area contributed by atoms with Crippen molar-refractivity contribution in [2.24, 2.45) is 0 Å². The van der Waals surface area contributed by atoms with Crippen LogP contribution in [0.15, 0.2) is 40.8 Å². The number of benzene rings is 1. The predicted octanol–water partition coefficient (Wildman–Crippen LogP) is 2.40. The summed E-state index contributed by atoms with van der Waals surface area (Å²) < 4.78 is 5.25. The zero-order valence-electron chi connectivity index (χ0n) is 8.36. The maximum Gasteiger partial charge on any atom is 0.228 e. The molecule has 1 heterocycles. The molecule has 2 aromatic rings. The van der Waals surface area contributed by atoms with Gasteiger partial charge in [0, 0.05) is 11.3 Å². The molecule has 3 nitrogen and oxygen atoms in total. The summed E-state index contributed by atoms with van der Waals surface area (Å²) in [4.78, 5) is 11.8. The molecule has 15 heavy (non-hydrogen) atoms. The van der Waals surface area contributed by atoms with Crippen molar-refractivity contribution in [3.63, 3.8) is 0 Å². The molecule has 0 radical (unpaired) electrons. The normalized spacial score (nSPS) is 10.2. The molecule has 0 amide bonds. The van der Waals surface area contributed by atoms with Gasteiger partial charge in [-0.3, -0.25) is 4.79 Å². The Morgan fingerprint density at radius 2 is 1.80 bits per heavy atom. The van der Waals surface area contributed by atoms with Crippen molar-refractivity contribution in [1.29, 1.82) is 0 Å². The number of furan rings is 1. The molecule has 0 aliphatic carbocycles. The van der Waals surface area contributed by atoms with E-state index in [1.54, 1.807) is 43.3 Å². The summed E-state index contributed by atoms with van der Waals surface area (Å²) in [7, 11) is 0. The van der Waals surface area contributed by atoms with Crippen molar-refractivity contribution in [3.05, 3.63) is 53.5 Å². The topological polar surface area (TPSA) is 56.2 Å². The minimum Gasteiger partial charge on any atom is -0.458 e. The zero-order valence-corrected chi connectivity index (χ0v) is 8.36. The molecule has 2 N–H and O–H groups in total. The van der Waals surface area contributed by atoms with Crippen molar-refractivity contribution in [3.8, 4) is 0 Å². The second kappa shape index (κ2) is 3.61. The quantitative estimate of drug-likeness (QED) is 0.599. The van der Waals surface area contributed by atoms with E-state index in [4.69, 9.17) is 10.2 Å².